The Labute approximate surface area is 113 Å². The highest BCUT2D eigenvalue weighted by molar-refractivity contribution is 5.69. The predicted molar refractivity (Wildman–Crippen MR) is 64.4 cm³/mol. The first-order valence-electron chi connectivity index (χ1n) is 5.94. The van der Waals surface area contributed by atoms with Gasteiger partial charge in [-0.2, -0.15) is 0 Å². The summed E-state index contributed by atoms with van der Waals surface area (Å²) in [6.07, 6.45) is 1.22. The monoisotopic (exact) mass is 278 g/mol. The Morgan fingerprint density at radius 1 is 1.35 bits per heavy atom. The Hall–Kier alpha value is -2.48. The van der Waals surface area contributed by atoms with Crippen LogP contribution in [-0.2, 0) is 4.74 Å². The van der Waals surface area contributed by atoms with Crippen molar-refractivity contribution in [2.24, 2.45) is 0 Å². The molecular weight excluding hydrogens is 267 g/mol. The second kappa shape index (κ2) is 4.89. The fourth-order valence-electron chi connectivity index (χ4n) is 2.16. The molecule has 1 aliphatic rings. The molecule has 1 saturated heterocycles. The van der Waals surface area contributed by atoms with E-state index < -0.39 is 24.8 Å². The van der Waals surface area contributed by atoms with Crippen LogP contribution in [0.4, 0.5) is 9.28 Å². The molecule has 0 saturated carbocycles. The Morgan fingerprint density at radius 2 is 2.10 bits per heavy atom. The van der Waals surface area contributed by atoms with Crippen LogP contribution in [0.2, 0.25) is 0 Å². The molecule has 20 heavy (non-hydrogen) atoms. The molecule has 0 spiro atoms. The van der Waals surface area contributed by atoms with Gasteiger partial charge in [-0.3, -0.25) is 0 Å². The lowest BCUT2D eigenvalue weighted by atomic mass is 10.0. The van der Waals surface area contributed by atoms with Crippen LogP contribution < -0.4 is 0 Å². The number of rotatable bonds is 3. The molecule has 0 aliphatic carbocycles. The molecule has 2 heterocycles. The molecule has 1 aliphatic heterocycles. The van der Waals surface area contributed by atoms with Crippen molar-refractivity contribution in [2.45, 2.75) is 12.1 Å². The Kier molecular flexibility index (Phi) is 3.07. The fourth-order valence-corrected chi connectivity index (χ4v) is 2.16. The van der Waals surface area contributed by atoms with E-state index in [0.29, 0.717) is 5.56 Å². The van der Waals surface area contributed by atoms with Gasteiger partial charge < -0.3 is 9.84 Å². The fraction of sp³-hybridized carbons (Fsp3) is 0.250. The number of nitrogens with zero attached hydrogens (tertiary/aromatic N) is 4. The van der Waals surface area contributed by atoms with Crippen LogP contribution in [0.25, 0.3) is 5.69 Å². The molecule has 2 atom stereocenters. The van der Waals surface area contributed by atoms with Gasteiger partial charge in [-0.25, -0.2) is 9.48 Å². The van der Waals surface area contributed by atoms with E-state index in [-0.39, 0.29) is 5.12 Å². The first-order chi connectivity index (χ1) is 9.70. The van der Waals surface area contributed by atoms with Crippen molar-refractivity contribution < 1.29 is 19.1 Å². The number of hydrogen-bond donors (Lipinski definition) is 1. The first kappa shape index (κ1) is 12.5. The lowest BCUT2D eigenvalue weighted by Gasteiger charge is -2.17. The van der Waals surface area contributed by atoms with E-state index in [9.17, 15) is 9.28 Å². The number of amides is 1. The van der Waals surface area contributed by atoms with E-state index >= 15 is 0 Å². The minimum atomic E-state index is -1.09. The molecule has 1 N–H and O–H groups in total. The smallest absolute Gasteiger partial charge is 0.439 e. The molecule has 1 aromatic carbocycles. The number of aromatic nitrogens is 3. The van der Waals surface area contributed by atoms with Gasteiger partial charge in [0.05, 0.1) is 24.7 Å². The number of carbonyl (C=O) groups is 1. The minimum absolute atomic E-state index is 0.00857. The molecule has 7 nitrogen and oxygen atoms in total. The van der Waals surface area contributed by atoms with Gasteiger partial charge >= 0.3 is 6.09 Å². The molecule has 1 amide bonds. The van der Waals surface area contributed by atoms with Crippen molar-refractivity contribution in [3.63, 3.8) is 0 Å². The highest BCUT2D eigenvalue weighted by Crippen LogP contribution is 2.33. The molecule has 1 fully saturated rings. The lowest BCUT2D eigenvalue weighted by Crippen LogP contribution is -2.24. The minimum Gasteiger partial charge on any atom is -0.439 e. The zero-order chi connectivity index (χ0) is 14.1. The topological polar surface area (TPSA) is 80.5 Å². The van der Waals surface area contributed by atoms with Crippen LogP contribution >= 0.6 is 0 Å². The number of benzene rings is 1. The second-order valence-corrected chi connectivity index (χ2v) is 4.30. The van der Waals surface area contributed by atoms with E-state index in [0.717, 1.165) is 5.69 Å². The van der Waals surface area contributed by atoms with Crippen LogP contribution in [0, 0.1) is 0 Å². The molecule has 104 valence electrons. The highest BCUT2D eigenvalue weighted by atomic mass is 19.2. The van der Waals surface area contributed by atoms with Crippen molar-refractivity contribution in [1.29, 1.82) is 0 Å². The van der Waals surface area contributed by atoms with E-state index in [1.165, 1.54) is 0 Å². The standard InChI is InChI=1S/C12H11FN4O3/c13-17-11(10(7-18)20-12(17)19)8-1-3-9(4-2-8)16-6-5-14-15-16/h1-6,10-11,18H,7H2. The number of aliphatic hydroxyl groups excluding tert-OH is 1. The van der Waals surface area contributed by atoms with E-state index in [1.54, 1.807) is 41.3 Å². The van der Waals surface area contributed by atoms with Gasteiger partial charge in [0, 0.05) is 0 Å². The highest BCUT2D eigenvalue weighted by Gasteiger charge is 2.43. The maximum Gasteiger partial charge on any atom is 0.439 e. The van der Waals surface area contributed by atoms with Crippen molar-refractivity contribution in [3.05, 3.63) is 42.2 Å². The van der Waals surface area contributed by atoms with Crippen LogP contribution in [0.5, 0.6) is 0 Å². The summed E-state index contributed by atoms with van der Waals surface area (Å²) in [4.78, 5) is 11.2. The van der Waals surface area contributed by atoms with Gasteiger partial charge in [0.1, 0.15) is 6.04 Å². The van der Waals surface area contributed by atoms with Crippen molar-refractivity contribution in [3.8, 4) is 5.69 Å². The molecule has 8 heteroatoms. The third-order valence-electron chi connectivity index (χ3n) is 3.12. The Morgan fingerprint density at radius 3 is 2.70 bits per heavy atom. The van der Waals surface area contributed by atoms with Gasteiger partial charge in [-0.05, 0) is 17.7 Å². The summed E-state index contributed by atoms with van der Waals surface area (Å²) in [6.45, 7) is -0.443. The summed E-state index contributed by atoms with van der Waals surface area (Å²) in [7, 11) is 0. The number of aliphatic hydroxyl groups is 1. The summed E-state index contributed by atoms with van der Waals surface area (Å²) >= 11 is 0. The van der Waals surface area contributed by atoms with Crippen LogP contribution in [0.3, 0.4) is 0 Å². The molecule has 0 radical (unpaired) electrons. The van der Waals surface area contributed by atoms with Gasteiger partial charge in [-0.1, -0.05) is 21.8 Å². The SMILES string of the molecule is O=C1OC(CO)C(c2ccc(-n3ccnn3)cc2)N1F. The number of cyclic esters (lactones) is 1. The van der Waals surface area contributed by atoms with Gasteiger partial charge in [0.2, 0.25) is 0 Å². The van der Waals surface area contributed by atoms with Crippen molar-refractivity contribution in [2.75, 3.05) is 6.61 Å². The maximum absolute atomic E-state index is 13.7. The van der Waals surface area contributed by atoms with Crippen molar-refractivity contribution >= 4 is 6.09 Å². The van der Waals surface area contributed by atoms with Crippen LogP contribution in [-0.4, -0.2) is 44.0 Å². The molecule has 2 unspecified atom stereocenters. The number of carbonyl (C=O) groups excluding carboxylic acids is 1. The first-order valence-corrected chi connectivity index (χ1v) is 5.94. The van der Waals surface area contributed by atoms with E-state index in [1.807, 2.05) is 0 Å². The summed E-state index contributed by atoms with van der Waals surface area (Å²) in [5.74, 6) is 0. The zero-order valence-corrected chi connectivity index (χ0v) is 10.3. The third-order valence-corrected chi connectivity index (χ3v) is 3.12. The second-order valence-electron chi connectivity index (χ2n) is 4.30. The number of hydrogen-bond acceptors (Lipinski definition) is 5. The summed E-state index contributed by atoms with van der Waals surface area (Å²) < 4.78 is 20.0. The third kappa shape index (κ3) is 1.99. The van der Waals surface area contributed by atoms with Crippen LogP contribution in [0.1, 0.15) is 11.6 Å². The van der Waals surface area contributed by atoms with Gasteiger partial charge in [-0.15, -0.1) is 10.2 Å². The summed E-state index contributed by atoms with van der Waals surface area (Å²) in [5.41, 5.74) is 1.28. The maximum atomic E-state index is 13.7. The molecule has 1 aromatic heterocycles. The molecular formula is C12H11FN4O3. The quantitative estimate of drug-likeness (QED) is 0.847. The molecule has 0 bridgehead atoms. The average Bonchev–Trinajstić information content (AvgIpc) is 3.09. The van der Waals surface area contributed by atoms with Crippen molar-refractivity contribution in [1.82, 2.24) is 20.1 Å². The summed E-state index contributed by atoms with van der Waals surface area (Å²) in [6, 6.07) is 5.79. The predicted octanol–water partition coefficient (Wildman–Crippen LogP) is 1.01. The van der Waals surface area contributed by atoms with Gasteiger partial charge in [0.15, 0.2) is 6.10 Å². The summed E-state index contributed by atoms with van der Waals surface area (Å²) in [5, 5.41) is 16.7. The number of ether oxygens (including phenoxy) is 1. The average molecular weight is 278 g/mol. The lowest BCUT2D eigenvalue weighted by molar-refractivity contribution is 0.0388. The largest absolute Gasteiger partial charge is 0.439 e. The molecule has 3 rings (SSSR count). The Bertz CT molecular complexity index is 602. The van der Waals surface area contributed by atoms with Gasteiger partial charge in [0.25, 0.3) is 0 Å². The zero-order valence-electron chi connectivity index (χ0n) is 10.3. The Balaban J connectivity index is 1.89. The molecule has 2 aromatic rings. The van der Waals surface area contributed by atoms with E-state index in [2.05, 4.69) is 10.3 Å². The normalized spacial score (nSPS) is 22.1. The van der Waals surface area contributed by atoms with Crippen LogP contribution in [0.15, 0.2) is 36.7 Å². The number of halogens is 1. The van der Waals surface area contributed by atoms with E-state index in [4.69, 9.17) is 9.84 Å².